The van der Waals surface area contributed by atoms with Crippen molar-refractivity contribution in [3.05, 3.63) is 52.6 Å². The van der Waals surface area contributed by atoms with Crippen LogP contribution in [0, 0.1) is 27.7 Å². The number of rotatable bonds is 4. The first kappa shape index (κ1) is 13.8. The Bertz CT molecular complexity index is 569. The molecule has 19 heavy (non-hydrogen) atoms. The summed E-state index contributed by atoms with van der Waals surface area (Å²) in [5.41, 5.74) is 6.36. The molecule has 0 amide bonds. The molecule has 1 heterocycles. The Balaban J connectivity index is 2.27. The Labute approximate surface area is 115 Å². The molecule has 0 aliphatic carbocycles. The van der Waals surface area contributed by atoms with Crippen LogP contribution in [-0.4, -0.2) is 16.6 Å². The fourth-order valence-corrected chi connectivity index (χ4v) is 2.49. The smallest absolute Gasteiger partial charge is 0.0952 e. The second kappa shape index (κ2) is 5.57. The minimum atomic E-state index is 0.313. The van der Waals surface area contributed by atoms with Crippen LogP contribution in [0.1, 0.15) is 34.1 Å². The van der Waals surface area contributed by atoms with Gasteiger partial charge in [-0.05, 0) is 45.9 Å². The molecule has 3 heteroatoms. The number of hydrogen-bond acceptors (Lipinski definition) is 2. The Kier molecular flexibility index (Phi) is 4.05. The Morgan fingerprint density at radius 3 is 2.47 bits per heavy atom. The SMILES string of the molecule is CNC(Cn1cnc(C)c1C)c1ccc(C)cc1C. The average molecular weight is 257 g/mol. The number of hydrogen-bond donors (Lipinski definition) is 1. The first-order valence-electron chi connectivity index (χ1n) is 6.75. The molecule has 2 rings (SSSR count). The van der Waals surface area contributed by atoms with Crippen LogP contribution >= 0.6 is 0 Å². The minimum absolute atomic E-state index is 0.313. The number of nitrogens with one attached hydrogen (secondary N) is 1. The monoisotopic (exact) mass is 257 g/mol. The molecule has 0 spiro atoms. The number of imidazole rings is 1. The molecule has 0 bridgehead atoms. The van der Waals surface area contributed by atoms with Crippen LogP contribution in [0.25, 0.3) is 0 Å². The molecule has 1 atom stereocenters. The zero-order chi connectivity index (χ0) is 14.0. The maximum Gasteiger partial charge on any atom is 0.0952 e. The van der Waals surface area contributed by atoms with E-state index in [1.807, 2.05) is 13.4 Å². The summed E-state index contributed by atoms with van der Waals surface area (Å²) in [4.78, 5) is 4.37. The average Bonchev–Trinajstić information content (AvgIpc) is 2.68. The highest BCUT2D eigenvalue weighted by Crippen LogP contribution is 2.21. The highest BCUT2D eigenvalue weighted by Gasteiger charge is 2.14. The van der Waals surface area contributed by atoms with Crippen molar-refractivity contribution in [1.29, 1.82) is 0 Å². The normalized spacial score (nSPS) is 12.7. The number of aromatic nitrogens is 2. The van der Waals surface area contributed by atoms with Crippen molar-refractivity contribution < 1.29 is 0 Å². The van der Waals surface area contributed by atoms with Gasteiger partial charge in [0.05, 0.1) is 18.1 Å². The Morgan fingerprint density at radius 2 is 1.95 bits per heavy atom. The number of aryl methyl sites for hydroxylation is 3. The molecule has 0 fully saturated rings. The van der Waals surface area contributed by atoms with Crippen LogP contribution in [-0.2, 0) is 6.54 Å². The molecule has 102 valence electrons. The molecule has 1 unspecified atom stereocenters. The van der Waals surface area contributed by atoms with Crippen molar-refractivity contribution in [3.63, 3.8) is 0 Å². The largest absolute Gasteiger partial charge is 0.333 e. The van der Waals surface area contributed by atoms with Gasteiger partial charge in [0.15, 0.2) is 0 Å². The van der Waals surface area contributed by atoms with E-state index in [-0.39, 0.29) is 0 Å². The van der Waals surface area contributed by atoms with Crippen molar-refractivity contribution >= 4 is 0 Å². The fourth-order valence-electron chi connectivity index (χ4n) is 2.49. The van der Waals surface area contributed by atoms with Gasteiger partial charge in [0.25, 0.3) is 0 Å². The maximum absolute atomic E-state index is 4.37. The summed E-state index contributed by atoms with van der Waals surface area (Å²) in [6.07, 6.45) is 1.93. The molecule has 3 nitrogen and oxygen atoms in total. The third-order valence-corrected chi connectivity index (χ3v) is 3.87. The van der Waals surface area contributed by atoms with Gasteiger partial charge in [-0.3, -0.25) is 0 Å². The van der Waals surface area contributed by atoms with E-state index in [9.17, 15) is 0 Å². The van der Waals surface area contributed by atoms with Crippen LogP contribution in [0.5, 0.6) is 0 Å². The molecule has 0 radical (unpaired) electrons. The van der Waals surface area contributed by atoms with Gasteiger partial charge in [-0.1, -0.05) is 23.8 Å². The second-order valence-electron chi connectivity index (χ2n) is 5.27. The molecule has 0 aliphatic rings. The number of benzene rings is 1. The van der Waals surface area contributed by atoms with E-state index >= 15 is 0 Å². The quantitative estimate of drug-likeness (QED) is 0.912. The molecular formula is C16H23N3. The molecule has 2 aromatic rings. The van der Waals surface area contributed by atoms with Gasteiger partial charge in [-0.15, -0.1) is 0 Å². The van der Waals surface area contributed by atoms with E-state index in [1.165, 1.54) is 22.4 Å². The van der Waals surface area contributed by atoms with E-state index in [4.69, 9.17) is 0 Å². The van der Waals surface area contributed by atoms with Gasteiger partial charge in [0, 0.05) is 12.2 Å². The lowest BCUT2D eigenvalue weighted by molar-refractivity contribution is 0.492. The van der Waals surface area contributed by atoms with Crippen molar-refractivity contribution in [3.8, 4) is 0 Å². The molecule has 1 aromatic heterocycles. The van der Waals surface area contributed by atoms with Gasteiger partial charge in [0.1, 0.15) is 0 Å². The van der Waals surface area contributed by atoms with E-state index in [0.29, 0.717) is 6.04 Å². The third kappa shape index (κ3) is 2.87. The van der Waals surface area contributed by atoms with Gasteiger partial charge >= 0.3 is 0 Å². The van der Waals surface area contributed by atoms with Crippen LogP contribution in [0.2, 0.25) is 0 Å². The van der Waals surface area contributed by atoms with E-state index in [0.717, 1.165) is 12.2 Å². The third-order valence-electron chi connectivity index (χ3n) is 3.87. The highest BCUT2D eigenvalue weighted by atomic mass is 15.1. The van der Waals surface area contributed by atoms with Crippen molar-refractivity contribution in [2.75, 3.05) is 7.05 Å². The van der Waals surface area contributed by atoms with E-state index in [2.05, 4.69) is 60.8 Å². The van der Waals surface area contributed by atoms with Crippen LogP contribution in [0.15, 0.2) is 24.5 Å². The van der Waals surface area contributed by atoms with Crippen molar-refractivity contribution in [2.45, 2.75) is 40.3 Å². The van der Waals surface area contributed by atoms with E-state index in [1.54, 1.807) is 0 Å². The number of nitrogens with zero attached hydrogens (tertiary/aromatic N) is 2. The number of likely N-dealkylation sites (N-methyl/N-ethyl adjacent to an activating group) is 1. The van der Waals surface area contributed by atoms with E-state index < -0.39 is 0 Å². The summed E-state index contributed by atoms with van der Waals surface area (Å²) in [6.45, 7) is 9.40. The summed E-state index contributed by atoms with van der Waals surface area (Å²) < 4.78 is 2.22. The topological polar surface area (TPSA) is 29.9 Å². The Morgan fingerprint density at radius 1 is 1.21 bits per heavy atom. The summed E-state index contributed by atoms with van der Waals surface area (Å²) in [7, 11) is 2.02. The Hall–Kier alpha value is -1.61. The minimum Gasteiger partial charge on any atom is -0.333 e. The van der Waals surface area contributed by atoms with Crippen LogP contribution in [0.3, 0.4) is 0 Å². The van der Waals surface area contributed by atoms with Crippen molar-refractivity contribution in [1.82, 2.24) is 14.9 Å². The predicted octanol–water partition coefficient (Wildman–Crippen LogP) is 3.08. The standard InChI is InChI=1S/C16H23N3/c1-11-6-7-15(12(2)8-11)16(17-5)9-19-10-18-13(3)14(19)4/h6-8,10,16-17H,9H2,1-5H3. The molecule has 0 saturated carbocycles. The van der Waals surface area contributed by atoms with Gasteiger partial charge < -0.3 is 9.88 Å². The molecule has 0 saturated heterocycles. The summed E-state index contributed by atoms with van der Waals surface area (Å²) in [5.74, 6) is 0. The first-order chi connectivity index (χ1) is 9.02. The highest BCUT2D eigenvalue weighted by molar-refractivity contribution is 5.32. The van der Waals surface area contributed by atoms with Gasteiger partial charge in [0.2, 0.25) is 0 Å². The summed E-state index contributed by atoms with van der Waals surface area (Å²) in [6, 6.07) is 6.96. The lowest BCUT2D eigenvalue weighted by atomic mass is 9.99. The van der Waals surface area contributed by atoms with Crippen LogP contribution in [0.4, 0.5) is 0 Å². The first-order valence-corrected chi connectivity index (χ1v) is 6.75. The fraction of sp³-hybridized carbons (Fsp3) is 0.438. The molecule has 1 aromatic carbocycles. The molecular weight excluding hydrogens is 234 g/mol. The summed E-state index contributed by atoms with van der Waals surface area (Å²) >= 11 is 0. The zero-order valence-electron chi connectivity index (χ0n) is 12.5. The lowest BCUT2D eigenvalue weighted by Gasteiger charge is -2.20. The van der Waals surface area contributed by atoms with Crippen LogP contribution < -0.4 is 5.32 Å². The molecule has 1 N–H and O–H groups in total. The summed E-state index contributed by atoms with van der Waals surface area (Å²) in [5, 5.41) is 3.41. The van der Waals surface area contributed by atoms with Gasteiger partial charge in [-0.2, -0.15) is 0 Å². The lowest BCUT2D eigenvalue weighted by Crippen LogP contribution is -2.23. The zero-order valence-corrected chi connectivity index (χ0v) is 12.5. The van der Waals surface area contributed by atoms with Crippen molar-refractivity contribution in [2.24, 2.45) is 0 Å². The second-order valence-corrected chi connectivity index (χ2v) is 5.27. The molecule has 0 aliphatic heterocycles. The van der Waals surface area contributed by atoms with Gasteiger partial charge in [-0.25, -0.2) is 4.98 Å². The maximum atomic E-state index is 4.37. The predicted molar refractivity (Wildman–Crippen MR) is 79.4 cm³/mol.